The lowest BCUT2D eigenvalue weighted by Gasteiger charge is -2.04. The molecule has 23 heavy (non-hydrogen) atoms. The summed E-state index contributed by atoms with van der Waals surface area (Å²) in [5, 5.41) is 0.742. The van der Waals surface area contributed by atoms with Crippen molar-refractivity contribution in [2.75, 3.05) is 6.61 Å². The highest BCUT2D eigenvalue weighted by Crippen LogP contribution is 2.19. The first kappa shape index (κ1) is 14.9. The van der Waals surface area contributed by atoms with Gasteiger partial charge in [0, 0.05) is 11.5 Å². The minimum absolute atomic E-state index is 0.0404. The van der Waals surface area contributed by atoms with Gasteiger partial charge in [0.2, 0.25) is 5.78 Å². The molecule has 0 unspecified atom stereocenters. The predicted molar refractivity (Wildman–Crippen MR) is 77.2 cm³/mol. The Kier molecular flexibility index (Phi) is 3.89. The fraction of sp³-hybridized carbons (Fsp3) is 0.0588. The smallest absolute Gasteiger partial charge is 0.341 e. The van der Waals surface area contributed by atoms with Crippen LogP contribution >= 0.6 is 0 Å². The zero-order valence-corrected chi connectivity index (χ0v) is 11.7. The van der Waals surface area contributed by atoms with Crippen LogP contribution in [0.15, 0.2) is 52.9 Å². The number of hydrogen-bond donors (Lipinski definition) is 0. The first-order valence-electron chi connectivity index (χ1n) is 6.68. The van der Waals surface area contributed by atoms with Crippen molar-refractivity contribution in [2.24, 2.45) is 0 Å². The van der Waals surface area contributed by atoms with Crippen LogP contribution in [0.4, 0.5) is 8.78 Å². The highest BCUT2D eigenvalue weighted by Gasteiger charge is 2.18. The first-order valence-corrected chi connectivity index (χ1v) is 6.68. The Bertz CT molecular complexity index is 865. The lowest BCUT2D eigenvalue weighted by atomic mass is 10.2. The molecule has 3 aromatic rings. The molecule has 0 radical (unpaired) electrons. The van der Waals surface area contributed by atoms with E-state index in [1.807, 2.05) is 0 Å². The largest absolute Gasteiger partial charge is 0.453 e. The fourth-order valence-corrected chi connectivity index (χ4v) is 2.05. The standard InChI is InChI=1S/C17H10F2O4/c18-11-5-6-12(13(19)8-11)17(21)22-9-14(20)16-7-10-3-1-2-4-15(10)23-16/h1-8H,9H2. The van der Waals surface area contributed by atoms with Crippen molar-refractivity contribution in [2.45, 2.75) is 0 Å². The maximum Gasteiger partial charge on any atom is 0.341 e. The van der Waals surface area contributed by atoms with E-state index in [4.69, 9.17) is 9.15 Å². The maximum absolute atomic E-state index is 13.4. The van der Waals surface area contributed by atoms with Gasteiger partial charge in [0.25, 0.3) is 0 Å². The molecule has 0 saturated heterocycles. The van der Waals surface area contributed by atoms with Crippen molar-refractivity contribution in [1.29, 1.82) is 0 Å². The van der Waals surface area contributed by atoms with Crippen LogP contribution < -0.4 is 0 Å². The van der Waals surface area contributed by atoms with Crippen LogP contribution in [-0.2, 0) is 4.74 Å². The number of carbonyl (C=O) groups is 2. The van der Waals surface area contributed by atoms with Crippen LogP contribution in [0.1, 0.15) is 20.9 Å². The van der Waals surface area contributed by atoms with E-state index in [-0.39, 0.29) is 5.76 Å². The third-order valence-corrected chi connectivity index (χ3v) is 3.19. The van der Waals surface area contributed by atoms with Gasteiger partial charge in [-0.1, -0.05) is 18.2 Å². The van der Waals surface area contributed by atoms with E-state index in [0.29, 0.717) is 11.6 Å². The normalized spacial score (nSPS) is 10.7. The summed E-state index contributed by atoms with van der Waals surface area (Å²) in [7, 11) is 0. The molecule has 6 heteroatoms. The Morgan fingerprint density at radius 1 is 1.04 bits per heavy atom. The van der Waals surface area contributed by atoms with Crippen molar-refractivity contribution >= 4 is 22.7 Å². The molecule has 0 N–H and O–H groups in total. The van der Waals surface area contributed by atoms with Gasteiger partial charge in [-0.2, -0.15) is 0 Å². The molecular weight excluding hydrogens is 306 g/mol. The molecule has 0 saturated carbocycles. The van der Waals surface area contributed by atoms with Gasteiger partial charge in [-0.25, -0.2) is 13.6 Å². The third-order valence-electron chi connectivity index (χ3n) is 3.19. The summed E-state index contributed by atoms with van der Waals surface area (Å²) in [4.78, 5) is 23.7. The zero-order chi connectivity index (χ0) is 16.4. The fourth-order valence-electron chi connectivity index (χ4n) is 2.05. The molecule has 0 aliphatic heterocycles. The molecule has 0 aliphatic rings. The molecule has 1 heterocycles. The quantitative estimate of drug-likeness (QED) is 0.543. The van der Waals surface area contributed by atoms with Crippen molar-refractivity contribution in [3.63, 3.8) is 0 Å². The second-order valence-corrected chi connectivity index (χ2v) is 4.77. The summed E-state index contributed by atoms with van der Waals surface area (Å²) in [6.07, 6.45) is 0. The number of fused-ring (bicyclic) bond motifs is 1. The highest BCUT2D eigenvalue weighted by molar-refractivity contribution is 6.00. The SMILES string of the molecule is O=C(COC(=O)c1ccc(F)cc1F)c1cc2ccccc2o1. The van der Waals surface area contributed by atoms with E-state index in [9.17, 15) is 18.4 Å². The number of para-hydroxylation sites is 1. The number of carbonyl (C=O) groups excluding carboxylic acids is 2. The number of esters is 1. The average Bonchev–Trinajstić information content (AvgIpc) is 2.96. The number of ether oxygens (including phenoxy) is 1. The van der Waals surface area contributed by atoms with Crippen molar-refractivity contribution in [3.8, 4) is 0 Å². The maximum atomic E-state index is 13.4. The summed E-state index contributed by atoms with van der Waals surface area (Å²) in [5.74, 6) is -3.42. The van der Waals surface area contributed by atoms with E-state index in [1.54, 1.807) is 24.3 Å². The van der Waals surface area contributed by atoms with Crippen LogP contribution in [0.5, 0.6) is 0 Å². The number of halogens is 2. The van der Waals surface area contributed by atoms with Crippen LogP contribution in [0, 0.1) is 11.6 Å². The molecule has 0 bridgehead atoms. The molecule has 0 spiro atoms. The Morgan fingerprint density at radius 2 is 1.83 bits per heavy atom. The van der Waals surface area contributed by atoms with Gasteiger partial charge in [0.1, 0.15) is 17.2 Å². The summed E-state index contributed by atoms with van der Waals surface area (Å²) < 4.78 is 36.3. The van der Waals surface area contributed by atoms with Gasteiger partial charge < -0.3 is 9.15 Å². The molecule has 1 aromatic heterocycles. The van der Waals surface area contributed by atoms with Crippen LogP contribution in [0.3, 0.4) is 0 Å². The van der Waals surface area contributed by atoms with E-state index < -0.39 is 35.6 Å². The molecular formula is C17H10F2O4. The Balaban J connectivity index is 1.69. The second kappa shape index (κ2) is 6.00. The topological polar surface area (TPSA) is 56.5 Å². The summed E-state index contributed by atoms with van der Waals surface area (Å²) >= 11 is 0. The van der Waals surface area contributed by atoms with E-state index in [1.165, 1.54) is 6.07 Å². The van der Waals surface area contributed by atoms with E-state index in [2.05, 4.69) is 0 Å². The summed E-state index contributed by atoms with van der Waals surface area (Å²) in [6.45, 7) is -0.602. The summed E-state index contributed by atoms with van der Waals surface area (Å²) in [6, 6.07) is 11.0. The number of rotatable bonds is 4. The minimum Gasteiger partial charge on any atom is -0.453 e. The van der Waals surface area contributed by atoms with Crippen LogP contribution in [0.25, 0.3) is 11.0 Å². The number of benzene rings is 2. The zero-order valence-electron chi connectivity index (χ0n) is 11.7. The molecule has 0 fully saturated rings. The van der Waals surface area contributed by atoms with Crippen LogP contribution in [0.2, 0.25) is 0 Å². The van der Waals surface area contributed by atoms with Crippen molar-refractivity contribution < 1.29 is 27.5 Å². The molecule has 0 atom stereocenters. The molecule has 0 aliphatic carbocycles. The lowest BCUT2D eigenvalue weighted by molar-refractivity contribution is 0.0463. The van der Waals surface area contributed by atoms with Crippen molar-refractivity contribution in [3.05, 3.63) is 71.5 Å². The molecule has 4 nitrogen and oxygen atoms in total. The minimum atomic E-state index is -1.05. The average molecular weight is 316 g/mol. The first-order chi connectivity index (χ1) is 11.0. The van der Waals surface area contributed by atoms with Gasteiger partial charge in [0.05, 0.1) is 5.56 Å². The monoisotopic (exact) mass is 316 g/mol. The number of hydrogen-bond acceptors (Lipinski definition) is 4. The molecule has 0 amide bonds. The Morgan fingerprint density at radius 3 is 2.57 bits per heavy atom. The third kappa shape index (κ3) is 3.11. The van der Waals surface area contributed by atoms with E-state index >= 15 is 0 Å². The number of furan rings is 1. The second-order valence-electron chi connectivity index (χ2n) is 4.77. The molecule has 2 aromatic carbocycles. The van der Waals surface area contributed by atoms with Crippen LogP contribution in [-0.4, -0.2) is 18.4 Å². The van der Waals surface area contributed by atoms with Crippen molar-refractivity contribution in [1.82, 2.24) is 0 Å². The van der Waals surface area contributed by atoms with Gasteiger partial charge in [-0.15, -0.1) is 0 Å². The van der Waals surface area contributed by atoms with Gasteiger partial charge in [-0.3, -0.25) is 4.79 Å². The Labute approximate surface area is 129 Å². The lowest BCUT2D eigenvalue weighted by Crippen LogP contribution is -2.15. The predicted octanol–water partition coefficient (Wildman–Crippen LogP) is 3.75. The van der Waals surface area contributed by atoms with Gasteiger partial charge >= 0.3 is 5.97 Å². The molecule has 116 valence electrons. The van der Waals surface area contributed by atoms with Gasteiger partial charge in [-0.05, 0) is 24.3 Å². The Hall–Kier alpha value is -3.02. The van der Waals surface area contributed by atoms with E-state index in [0.717, 1.165) is 17.5 Å². The van der Waals surface area contributed by atoms with Gasteiger partial charge in [0.15, 0.2) is 12.4 Å². The molecule has 3 rings (SSSR count). The number of ketones is 1. The highest BCUT2D eigenvalue weighted by atomic mass is 19.1. The number of Topliss-reactive ketones (excluding diaryl/α,β-unsaturated/α-hetero) is 1. The summed E-state index contributed by atoms with van der Waals surface area (Å²) in [5.41, 5.74) is 0.0931.